The fourth-order valence-corrected chi connectivity index (χ4v) is 3.10. The fraction of sp³-hybridized carbons (Fsp3) is 0.227. The Morgan fingerprint density at radius 2 is 1.71 bits per heavy atom. The maximum Gasteiger partial charge on any atom is 0.223 e. The molecule has 0 saturated carbocycles. The second kappa shape index (κ2) is 7.68. The van der Waals surface area contributed by atoms with Crippen molar-refractivity contribution in [3.8, 4) is 11.3 Å². The average molecular weight is 375 g/mol. The third kappa shape index (κ3) is 3.81. The van der Waals surface area contributed by atoms with E-state index in [1.54, 1.807) is 11.9 Å². The quantitative estimate of drug-likeness (QED) is 0.500. The molecule has 1 amide bonds. The molecule has 0 fully saturated rings. The van der Waals surface area contributed by atoms with E-state index >= 15 is 0 Å². The van der Waals surface area contributed by atoms with Gasteiger partial charge in [0, 0.05) is 25.5 Å². The van der Waals surface area contributed by atoms with Gasteiger partial charge in [-0.25, -0.2) is 9.97 Å². The van der Waals surface area contributed by atoms with E-state index in [1.807, 2.05) is 61.5 Å². The highest BCUT2D eigenvalue weighted by atomic mass is 16.4. The van der Waals surface area contributed by atoms with Crippen molar-refractivity contribution >= 4 is 17.0 Å². The zero-order valence-electron chi connectivity index (χ0n) is 15.9. The number of benzene rings is 2. The predicted octanol–water partition coefficient (Wildman–Crippen LogP) is 4.38. The van der Waals surface area contributed by atoms with Gasteiger partial charge in [0.05, 0.1) is 12.2 Å². The van der Waals surface area contributed by atoms with Crippen LogP contribution >= 0.6 is 0 Å². The van der Waals surface area contributed by atoms with Crippen LogP contribution < -0.4 is 0 Å². The molecule has 0 aliphatic heterocycles. The molecule has 6 heteroatoms. The minimum absolute atomic E-state index is 0.0145. The minimum atomic E-state index is -0.0145. The van der Waals surface area contributed by atoms with Gasteiger partial charge in [0.1, 0.15) is 5.52 Å². The van der Waals surface area contributed by atoms with Gasteiger partial charge < -0.3 is 13.7 Å². The molecule has 4 rings (SSSR count). The minimum Gasteiger partial charge on any atom is -0.440 e. The molecule has 0 aliphatic rings. The number of aromatic nitrogens is 2. The first kappa shape index (κ1) is 18.0. The summed E-state index contributed by atoms with van der Waals surface area (Å²) in [6.07, 6.45) is 0.759. The van der Waals surface area contributed by atoms with Crippen molar-refractivity contribution in [2.45, 2.75) is 26.3 Å². The Bertz CT molecular complexity index is 1070. The van der Waals surface area contributed by atoms with Crippen molar-refractivity contribution in [1.82, 2.24) is 14.9 Å². The molecule has 0 radical (unpaired) electrons. The first-order valence-electron chi connectivity index (χ1n) is 9.20. The molecule has 0 atom stereocenters. The first-order valence-corrected chi connectivity index (χ1v) is 9.20. The topological polar surface area (TPSA) is 72.4 Å². The summed E-state index contributed by atoms with van der Waals surface area (Å²) >= 11 is 0. The van der Waals surface area contributed by atoms with E-state index in [-0.39, 0.29) is 5.91 Å². The molecule has 142 valence electrons. The van der Waals surface area contributed by atoms with Gasteiger partial charge >= 0.3 is 0 Å². The number of oxazole rings is 2. The largest absolute Gasteiger partial charge is 0.440 e. The van der Waals surface area contributed by atoms with Crippen LogP contribution in [0.2, 0.25) is 0 Å². The lowest BCUT2D eigenvalue weighted by Crippen LogP contribution is -2.26. The zero-order chi connectivity index (χ0) is 19.5. The van der Waals surface area contributed by atoms with Gasteiger partial charge in [-0.15, -0.1) is 0 Å². The van der Waals surface area contributed by atoms with E-state index in [4.69, 9.17) is 8.83 Å². The lowest BCUT2D eigenvalue weighted by molar-refractivity contribution is -0.130. The van der Waals surface area contributed by atoms with Crippen LogP contribution in [0.3, 0.4) is 0 Å². The molecule has 0 N–H and O–H groups in total. The van der Waals surface area contributed by atoms with Crippen LogP contribution in [0.5, 0.6) is 0 Å². The maximum absolute atomic E-state index is 12.5. The number of aryl methyl sites for hydroxylation is 2. The molecular formula is C22H21N3O3. The lowest BCUT2D eigenvalue weighted by atomic mass is 10.1. The summed E-state index contributed by atoms with van der Waals surface area (Å²) in [6.45, 7) is 2.24. The van der Waals surface area contributed by atoms with Gasteiger partial charge in [0.15, 0.2) is 17.2 Å². The molecule has 0 saturated heterocycles. The molecule has 28 heavy (non-hydrogen) atoms. The first-order chi connectivity index (χ1) is 13.6. The zero-order valence-corrected chi connectivity index (χ0v) is 15.9. The number of hydrogen-bond acceptors (Lipinski definition) is 5. The Morgan fingerprint density at radius 1 is 0.964 bits per heavy atom. The molecule has 2 heterocycles. The predicted molar refractivity (Wildman–Crippen MR) is 105 cm³/mol. The summed E-state index contributed by atoms with van der Waals surface area (Å²) in [6, 6.07) is 17.4. The smallest absolute Gasteiger partial charge is 0.223 e. The van der Waals surface area contributed by atoms with Crippen molar-refractivity contribution in [3.05, 3.63) is 72.1 Å². The van der Waals surface area contributed by atoms with E-state index < -0.39 is 0 Å². The van der Waals surface area contributed by atoms with Crippen molar-refractivity contribution in [2.24, 2.45) is 0 Å². The van der Waals surface area contributed by atoms with Gasteiger partial charge in [-0.2, -0.15) is 0 Å². The Hall–Kier alpha value is -3.41. The molecule has 2 aromatic heterocycles. The molecule has 0 unspecified atom stereocenters. The number of fused-ring (bicyclic) bond motifs is 1. The van der Waals surface area contributed by atoms with Gasteiger partial charge in [-0.3, -0.25) is 4.79 Å². The second-order valence-corrected chi connectivity index (χ2v) is 6.71. The van der Waals surface area contributed by atoms with E-state index in [0.717, 1.165) is 28.1 Å². The summed E-state index contributed by atoms with van der Waals surface area (Å²) in [5.41, 5.74) is 3.33. The van der Waals surface area contributed by atoms with Crippen molar-refractivity contribution < 1.29 is 13.6 Å². The van der Waals surface area contributed by atoms with Crippen molar-refractivity contribution in [2.75, 3.05) is 7.05 Å². The number of nitrogens with zero attached hydrogens (tertiary/aromatic N) is 3. The molecule has 6 nitrogen and oxygen atoms in total. The summed E-state index contributed by atoms with van der Waals surface area (Å²) in [4.78, 5) is 23.0. The van der Waals surface area contributed by atoms with E-state index in [1.165, 1.54) is 0 Å². The van der Waals surface area contributed by atoms with Crippen LogP contribution in [0, 0.1) is 6.92 Å². The fourth-order valence-electron chi connectivity index (χ4n) is 3.10. The Kier molecular flexibility index (Phi) is 4.93. The van der Waals surface area contributed by atoms with Crippen LogP contribution in [0.1, 0.15) is 23.9 Å². The third-order valence-electron chi connectivity index (χ3n) is 4.57. The average Bonchev–Trinajstić information content (AvgIpc) is 3.29. The summed E-state index contributed by atoms with van der Waals surface area (Å²) in [5.74, 6) is 1.83. The van der Waals surface area contributed by atoms with Crippen molar-refractivity contribution in [3.63, 3.8) is 0 Å². The highest BCUT2D eigenvalue weighted by Gasteiger charge is 2.16. The molecule has 0 bridgehead atoms. The molecule has 2 aromatic carbocycles. The number of amides is 1. The van der Waals surface area contributed by atoms with Crippen LogP contribution in [-0.2, 0) is 17.8 Å². The van der Waals surface area contributed by atoms with Crippen LogP contribution in [-0.4, -0.2) is 27.8 Å². The van der Waals surface area contributed by atoms with Gasteiger partial charge in [0.25, 0.3) is 0 Å². The highest BCUT2D eigenvalue weighted by molar-refractivity contribution is 5.76. The third-order valence-corrected chi connectivity index (χ3v) is 4.57. The molecule has 0 aliphatic carbocycles. The lowest BCUT2D eigenvalue weighted by Gasteiger charge is -2.14. The Labute approximate surface area is 162 Å². The Balaban J connectivity index is 1.37. The number of carbonyl (C=O) groups is 1. The summed E-state index contributed by atoms with van der Waals surface area (Å²) in [5, 5.41) is 0. The monoisotopic (exact) mass is 375 g/mol. The molecule has 4 aromatic rings. The highest BCUT2D eigenvalue weighted by Crippen LogP contribution is 2.24. The maximum atomic E-state index is 12.5. The standard InChI is InChI=1S/C22H21N3O3/c1-15-22(16-8-4-3-5-9-16)28-19(23-15)12-13-21(26)25(2)14-20-24-17-10-6-7-11-18(17)27-20/h3-11H,12-14H2,1-2H3. The summed E-state index contributed by atoms with van der Waals surface area (Å²) < 4.78 is 11.6. The number of para-hydroxylation sites is 2. The van der Waals surface area contributed by atoms with Crippen LogP contribution in [0.4, 0.5) is 0 Å². The SMILES string of the molecule is Cc1nc(CCC(=O)N(C)Cc2nc3ccccc3o2)oc1-c1ccccc1. The molecule has 0 spiro atoms. The number of carbonyl (C=O) groups excluding carboxylic acids is 1. The van der Waals surface area contributed by atoms with Crippen LogP contribution in [0.25, 0.3) is 22.4 Å². The Morgan fingerprint density at radius 3 is 2.50 bits per heavy atom. The van der Waals surface area contributed by atoms with Crippen molar-refractivity contribution in [1.29, 1.82) is 0 Å². The van der Waals surface area contributed by atoms with E-state index in [0.29, 0.717) is 31.2 Å². The van der Waals surface area contributed by atoms with E-state index in [2.05, 4.69) is 9.97 Å². The van der Waals surface area contributed by atoms with Gasteiger partial charge in [0.2, 0.25) is 11.8 Å². The van der Waals surface area contributed by atoms with Gasteiger partial charge in [-0.05, 0) is 19.1 Å². The normalized spacial score (nSPS) is 11.1. The number of rotatable bonds is 6. The second-order valence-electron chi connectivity index (χ2n) is 6.71. The summed E-state index contributed by atoms with van der Waals surface area (Å²) in [7, 11) is 1.74. The van der Waals surface area contributed by atoms with Crippen LogP contribution in [0.15, 0.2) is 63.4 Å². The molecular weight excluding hydrogens is 354 g/mol. The number of hydrogen-bond donors (Lipinski definition) is 0. The van der Waals surface area contributed by atoms with E-state index in [9.17, 15) is 4.79 Å². The van der Waals surface area contributed by atoms with Gasteiger partial charge in [-0.1, -0.05) is 42.5 Å².